The van der Waals surface area contributed by atoms with Crippen molar-refractivity contribution in [2.75, 3.05) is 19.7 Å². The zero-order valence-electron chi connectivity index (χ0n) is 6.83. The van der Waals surface area contributed by atoms with Crippen molar-refractivity contribution in [3.63, 3.8) is 0 Å². The third-order valence-corrected chi connectivity index (χ3v) is 1.61. The van der Waals surface area contributed by atoms with Crippen LogP contribution in [0, 0.1) is 5.92 Å². The van der Waals surface area contributed by atoms with Crippen molar-refractivity contribution in [2.45, 2.75) is 6.92 Å². The number of ketones is 1. The number of ether oxygens (including phenoxy) is 1. The van der Waals surface area contributed by atoms with Gasteiger partial charge in [-0.05, 0) is 6.92 Å². The van der Waals surface area contributed by atoms with E-state index in [1.165, 1.54) is 0 Å². The maximum atomic E-state index is 11.0. The summed E-state index contributed by atoms with van der Waals surface area (Å²) in [7, 11) is 0. The summed E-state index contributed by atoms with van der Waals surface area (Å²) >= 11 is 0. The van der Waals surface area contributed by atoms with Crippen LogP contribution in [0.4, 0.5) is 0 Å². The highest BCUT2D eigenvalue weighted by Gasteiger charge is 2.31. The molecule has 0 saturated carbocycles. The van der Waals surface area contributed by atoms with Crippen LogP contribution in [0.3, 0.4) is 0 Å². The molecule has 1 N–H and O–H groups in total. The number of carbonyl (C=O) groups excluding carboxylic acids is 2. The van der Waals surface area contributed by atoms with Gasteiger partial charge in [-0.1, -0.05) is 0 Å². The number of esters is 1. The largest absolute Gasteiger partial charge is 0.465 e. The smallest absolute Gasteiger partial charge is 0.317 e. The second-order valence-corrected chi connectivity index (χ2v) is 2.40. The van der Waals surface area contributed by atoms with Crippen molar-refractivity contribution >= 4 is 24.2 Å². The normalized spacial score (nSPS) is 21.8. The minimum atomic E-state index is -0.560. The fourth-order valence-corrected chi connectivity index (χ4v) is 1.03. The van der Waals surface area contributed by atoms with Gasteiger partial charge in [-0.15, -0.1) is 12.4 Å². The van der Waals surface area contributed by atoms with Gasteiger partial charge in [0.25, 0.3) is 0 Å². The first-order valence-corrected chi connectivity index (χ1v) is 3.65. The van der Waals surface area contributed by atoms with Crippen molar-refractivity contribution < 1.29 is 14.3 Å². The Labute approximate surface area is 77.1 Å². The van der Waals surface area contributed by atoms with Crippen LogP contribution < -0.4 is 5.32 Å². The molecule has 0 aliphatic carbocycles. The van der Waals surface area contributed by atoms with Crippen LogP contribution in [0.25, 0.3) is 0 Å². The molecule has 1 aliphatic heterocycles. The molecule has 1 unspecified atom stereocenters. The molecular weight excluding hydrogens is 182 g/mol. The molecule has 0 aromatic carbocycles. The fraction of sp³-hybridized carbons (Fsp3) is 0.714. The van der Waals surface area contributed by atoms with E-state index in [4.69, 9.17) is 4.74 Å². The summed E-state index contributed by atoms with van der Waals surface area (Å²) in [6.45, 7) is 2.79. The molecule has 70 valence electrons. The minimum absolute atomic E-state index is 0. The van der Waals surface area contributed by atoms with Crippen LogP contribution in [-0.4, -0.2) is 31.4 Å². The highest BCUT2D eigenvalue weighted by Crippen LogP contribution is 2.05. The second kappa shape index (κ2) is 5.11. The van der Waals surface area contributed by atoms with E-state index in [1.54, 1.807) is 6.92 Å². The van der Waals surface area contributed by atoms with Gasteiger partial charge in [0.05, 0.1) is 13.2 Å². The summed E-state index contributed by atoms with van der Waals surface area (Å²) in [6.07, 6.45) is 0. The zero-order valence-corrected chi connectivity index (χ0v) is 7.65. The van der Waals surface area contributed by atoms with Gasteiger partial charge >= 0.3 is 5.97 Å². The number of nitrogens with one attached hydrogen (secondary N) is 1. The van der Waals surface area contributed by atoms with Gasteiger partial charge < -0.3 is 10.1 Å². The van der Waals surface area contributed by atoms with Gasteiger partial charge in [-0.2, -0.15) is 0 Å². The Morgan fingerprint density at radius 2 is 2.42 bits per heavy atom. The molecule has 12 heavy (non-hydrogen) atoms. The lowest BCUT2D eigenvalue weighted by molar-refractivity contribution is -0.149. The second-order valence-electron chi connectivity index (χ2n) is 2.40. The third kappa shape index (κ3) is 2.46. The number of rotatable bonds is 2. The van der Waals surface area contributed by atoms with Crippen LogP contribution in [-0.2, 0) is 14.3 Å². The Hall–Kier alpha value is -0.610. The highest BCUT2D eigenvalue weighted by molar-refractivity contribution is 6.01. The number of hydrogen-bond donors (Lipinski definition) is 1. The summed E-state index contributed by atoms with van der Waals surface area (Å²) < 4.78 is 4.70. The fourth-order valence-electron chi connectivity index (χ4n) is 1.03. The van der Waals surface area contributed by atoms with Gasteiger partial charge in [0.1, 0.15) is 5.92 Å². The molecule has 1 heterocycles. The van der Waals surface area contributed by atoms with E-state index in [1.807, 2.05) is 0 Å². The Morgan fingerprint density at radius 3 is 2.83 bits per heavy atom. The topological polar surface area (TPSA) is 55.4 Å². The molecule has 1 atom stereocenters. The van der Waals surface area contributed by atoms with Crippen molar-refractivity contribution in [1.29, 1.82) is 0 Å². The molecule has 0 amide bonds. The monoisotopic (exact) mass is 193 g/mol. The molecular formula is C7H12ClNO3. The maximum absolute atomic E-state index is 11.0. The Bertz CT molecular complexity index is 183. The van der Waals surface area contributed by atoms with Crippen LogP contribution in [0.5, 0.6) is 0 Å². The highest BCUT2D eigenvalue weighted by atomic mass is 35.5. The Morgan fingerprint density at radius 1 is 1.75 bits per heavy atom. The van der Waals surface area contributed by atoms with Crippen LogP contribution in [0.2, 0.25) is 0 Å². The van der Waals surface area contributed by atoms with E-state index in [-0.39, 0.29) is 18.2 Å². The predicted molar refractivity (Wildman–Crippen MR) is 45.2 cm³/mol. The number of carbonyl (C=O) groups is 2. The quantitative estimate of drug-likeness (QED) is 0.486. The predicted octanol–water partition coefficient (Wildman–Crippen LogP) is -0.240. The molecule has 0 aromatic rings. The number of halogens is 1. The first-order chi connectivity index (χ1) is 5.25. The van der Waals surface area contributed by atoms with E-state index >= 15 is 0 Å². The lowest BCUT2D eigenvalue weighted by atomic mass is 10.1. The molecule has 0 spiro atoms. The van der Waals surface area contributed by atoms with E-state index in [0.717, 1.165) is 0 Å². The summed E-state index contributed by atoms with van der Waals surface area (Å²) in [5.41, 5.74) is 0. The molecule has 1 fully saturated rings. The van der Waals surface area contributed by atoms with Crippen molar-refractivity contribution in [3.8, 4) is 0 Å². The van der Waals surface area contributed by atoms with Gasteiger partial charge in [-0.25, -0.2) is 0 Å². The Balaban J connectivity index is 0.00000121. The Kier molecular flexibility index (Phi) is 4.85. The number of Topliss-reactive ketones (excluding diaryl/α,β-unsaturated/α-hetero) is 1. The van der Waals surface area contributed by atoms with Crippen molar-refractivity contribution in [3.05, 3.63) is 0 Å². The van der Waals surface area contributed by atoms with Crippen molar-refractivity contribution in [2.24, 2.45) is 5.92 Å². The molecule has 0 bridgehead atoms. The van der Waals surface area contributed by atoms with Crippen LogP contribution >= 0.6 is 12.4 Å². The maximum Gasteiger partial charge on any atom is 0.317 e. The minimum Gasteiger partial charge on any atom is -0.465 e. The summed E-state index contributed by atoms with van der Waals surface area (Å²) in [5.74, 6) is -1.03. The first kappa shape index (κ1) is 11.4. The van der Waals surface area contributed by atoms with Gasteiger partial charge in [0.2, 0.25) is 0 Å². The summed E-state index contributed by atoms with van der Waals surface area (Å²) in [5, 5.41) is 2.81. The first-order valence-electron chi connectivity index (χ1n) is 3.65. The van der Waals surface area contributed by atoms with Crippen LogP contribution in [0.1, 0.15) is 6.92 Å². The number of hydrogen-bond acceptors (Lipinski definition) is 4. The molecule has 1 saturated heterocycles. The zero-order chi connectivity index (χ0) is 8.27. The lowest BCUT2D eigenvalue weighted by Gasteiger charge is -2.04. The van der Waals surface area contributed by atoms with Crippen LogP contribution in [0.15, 0.2) is 0 Å². The molecule has 1 aliphatic rings. The van der Waals surface area contributed by atoms with E-state index in [9.17, 15) is 9.59 Å². The summed E-state index contributed by atoms with van der Waals surface area (Å²) in [6, 6.07) is 0. The SMILES string of the molecule is CCOC(=O)C1CNCC1=O.Cl. The van der Waals surface area contributed by atoms with Gasteiger partial charge in [-0.3, -0.25) is 9.59 Å². The average molecular weight is 194 g/mol. The summed E-state index contributed by atoms with van der Waals surface area (Å²) in [4.78, 5) is 21.9. The molecule has 5 heteroatoms. The van der Waals surface area contributed by atoms with E-state index in [0.29, 0.717) is 19.7 Å². The van der Waals surface area contributed by atoms with Gasteiger partial charge in [0.15, 0.2) is 5.78 Å². The average Bonchev–Trinajstić information content (AvgIpc) is 2.36. The molecule has 0 aromatic heterocycles. The molecule has 0 radical (unpaired) electrons. The van der Waals surface area contributed by atoms with Gasteiger partial charge in [0, 0.05) is 6.54 Å². The lowest BCUT2D eigenvalue weighted by Crippen LogP contribution is -2.24. The molecule has 1 rings (SSSR count). The van der Waals surface area contributed by atoms with E-state index in [2.05, 4.69) is 5.32 Å². The third-order valence-electron chi connectivity index (χ3n) is 1.61. The molecule has 4 nitrogen and oxygen atoms in total. The van der Waals surface area contributed by atoms with E-state index < -0.39 is 11.9 Å². The van der Waals surface area contributed by atoms with Crippen molar-refractivity contribution in [1.82, 2.24) is 5.32 Å². The standard InChI is InChI=1S/C7H11NO3.ClH/c1-2-11-7(10)5-3-8-4-6(5)9;/h5,8H,2-4H2,1H3;1H.